The summed E-state index contributed by atoms with van der Waals surface area (Å²) in [5.41, 5.74) is 0.786. The maximum Gasteiger partial charge on any atom is 0.315 e. The second-order valence-corrected chi connectivity index (χ2v) is 6.53. The van der Waals surface area contributed by atoms with Gasteiger partial charge in [-0.05, 0) is 43.7 Å². The lowest BCUT2D eigenvalue weighted by Crippen LogP contribution is -2.55. The Morgan fingerprint density at radius 2 is 2.13 bits per heavy atom. The molecule has 6 heteroatoms. The van der Waals surface area contributed by atoms with Crippen LogP contribution in [-0.2, 0) is 4.79 Å². The van der Waals surface area contributed by atoms with E-state index in [0.717, 1.165) is 31.4 Å². The first-order valence-electron chi connectivity index (χ1n) is 8.43. The van der Waals surface area contributed by atoms with Crippen LogP contribution in [0.15, 0.2) is 24.5 Å². The molecule has 1 aromatic heterocycles. The van der Waals surface area contributed by atoms with Crippen LogP contribution in [0.5, 0.6) is 0 Å². The summed E-state index contributed by atoms with van der Waals surface area (Å²) in [5, 5.41) is 5.87. The Kier molecular flexibility index (Phi) is 4.79. The standard InChI is InChI=1S/C17H24N4O2/c1-12-5-2-7-14(12)19-17(23)20-15-8-4-10-21(16(15)22)13-6-3-9-18-11-13/h3,6,9,11-12,14-15H,2,4-5,7-8,10H2,1H3,(H2,19,20,23)/t12-,14-,15-/m1/s1. The van der Waals surface area contributed by atoms with Crippen molar-refractivity contribution >= 4 is 17.6 Å². The Morgan fingerprint density at radius 1 is 1.26 bits per heavy atom. The molecule has 3 atom stereocenters. The molecule has 3 amide bonds. The lowest BCUT2D eigenvalue weighted by molar-refractivity contribution is -0.121. The molecular weight excluding hydrogens is 292 g/mol. The van der Waals surface area contributed by atoms with Crippen LogP contribution in [0.3, 0.4) is 0 Å². The Hall–Kier alpha value is -2.11. The third kappa shape index (κ3) is 3.63. The fourth-order valence-electron chi connectivity index (χ4n) is 3.51. The van der Waals surface area contributed by atoms with E-state index in [-0.39, 0.29) is 18.0 Å². The van der Waals surface area contributed by atoms with E-state index in [4.69, 9.17) is 0 Å². The van der Waals surface area contributed by atoms with Crippen LogP contribution in [0.1, 0.15) is 39.0 Å². The van der Waals surface area contributed by atoms with Crippen LogP contribution in [0.25, 0.3) is 0 Å². The van der Waals surface area contributed by atoms with Crippen molar-refractivity contribution in [2.24, 2.45) is 5.92 Å². The average molecular weight is 316 g/mol. The van der Waals surface area contributed by atoms with E-state index in [1.807, 2.05) is 12.1 Å². The molecule has 124 valence electrons. The Balaban J connectivity index is 1.59. The number of piperidine rings is 1. The molecule has 2 N–H and O–H groups in total. The molecule has 6 nitrogen and oxygen atoms in total. The smallest absolute Gasteiger partial charge is 0.315 e. The average Bonchev–Trinajstić information content (AvgIpc) is 2.95. The summed E-state index contributed by atoms with van der Waals surface area (Å²) in [5.74, 6) is 0.452. The van der Waals surface area contributed by atoms with Crippen molar-refractivity contribution in [1.29, 1.82) is 0 Å². The first-order chi connectivity index (χ1) is 11.1. The molecule has 1 saturated carbocycles. The molecule has 0 radical (unpaired) electrons. The summed E-state index contributed by atoms with van der Waals surface area (Å²) >= 11 is 0. The summed E-state index contributed by atoms with van der Waals surface area (Å²) in [7, 11) is 0. The fraction of sp³-hybridized carbons (Fsp3) is 0.588. The molecule has 0 unspecified atom stereocenters. The molecule has 0 aromatic carbocycles. The van der Waals surface area contributed by atoms with Gasteiger partial charge in [0.05, 0.1) is 11.9 Å². The number of nitrogens with one attached hydrogen (secondary N) is 2. The molecule has 0 bridgehead atoms. The van der Waals surface area contributed by atoms with Crippen molar-refractivity contribution in [2.45, 2.75) is 51.1 Å². The highest BCUT2D eigenvalue weighted by atomic mass is 16.2. The monoisotopic (exact) mass is 316 g/mol. The van der Waals surface area contributed by atoms with E-state index < -0.39 is 6.04 Å². The van der Waals surface area contributed by atoms with Crippen LogP contribution in [-0.4, -0.2) is 35.6 Å². The number of anilines is 1. The minimum Gasteiger partial charge on any atom is -0.335 e. The summed E-state index contributed by atoms with van der Waals surface area (Å²) in [6, 6.07) is 3.22. The third-order valence-electron chi connectivity index (χ3n) is 4.88. The highest BCUT2D eigenvalue weighted by molar-refractivity contribution is 5.99. The minimum absolute atomic E-state index is 0.0566. The number of pyridine rings is 1. The largest absolute Gasteiger partial charge is 0.335 e. The first kappa shape index (κ1) is 15.8. The van der Waals surface area contributed by atoms with E-state index in [9.17, 15) is 9.59 Å². The van der Waals surface area contributed by atoms with Gasteiger partial charge in [0, 0.05) is 18.8 Å². The summed E-state index contributed by atoms with van der Waals surface area (Å²) in [4.78, 5) is 30.6. The molecule has 2 heterocycles. The first-order valence-corrected chi connectivity index (χ1v) is 8.43. The molecule has 1 saturated heterocycles. The van der Waals surface area contributed by atoms with Gasteiger partial charge in [0.15, 0.2) is 0 Å². The summed E-state index contributed by atoms with van der Waals surface area (Å²) in [6.45, 7) is 2.83. The number of hydrogen-bond acceptors (Lipinski definition) is 3. The highest BCUT2D eigenvalue weighted by Gasteiger charge is 2.32. The second kappa shape index (κ2) is 6.98. The van der Waals surface area contributed by atoms with Crippen molar-refractivity contribution in [3.8, 4) is 0 Å². The Morgan fingerprint density at radius 3 is 2.83 bits per heavy atom. The number of carbonyl (C=O) groups is 2. The summed E-state index contributed by atoms with van der Waals surface area (Å²) in [6.07, 6.45) is 8.25. The van der Waals surface area contributed by atoms with Gasteiger partial charge in [-0.1, -0.05) is 13.3 Å². The zero-order chi connectivity index (χ0) is 16.2. The Bertz CT molecular complexity index is 563. The minimum atomic E-state index is -0.458. The van der Waals surface area contributed by atoms with Crippen molar-refractivity contribution in [3.63, 3.8) is 0 Å². The third-order valence-corrected chi connectivity index (χ3v) is 4.88. The molecule has 1 aromatic rings. The van der Waals surface area contributed by atoms with E-state index in [1.54, 1.807) is 17.3 Å². The SMILES string of the molecule is C[C@@H]1CCC[C@H]1NC(=O)N[C@@H]1CCCN(c2cccnc2)C1=O. The molecule has 0 spiro atoms. The number of aromatic nitrogens is 1. The molecule has 23 heavy (non-hydrogen) atoms. The van der Waals surface area contributed by atoms with Gasteiger partial charge in [-0.15, -0.1) is 0 Å². The van der Waals surface area contributed by atoms with E-state index in [0.29, 0.717) is 18.9 Å². The molecule has 2 aliphatic rings. The predicted molar refractivity (Wildman–Crippen MR) is 88.1 cm³/mol. The van der Waals surface area contributed by atoms with E-state index in [1.165, 1.54) is 0 Å². The van der Waals surface area contributed by atoms with Crippen molar-refractivity contribution < 1.29 is 9.59 Å². The van der Waals surface area contributed by atoms with Gasteiger partial charge >= 0.3 is 6.03 Å². The van der Waals surface area contributed by atoms with Crippen LogP contribution in [0.2, 0.25) is 0 Å². The van der Waals surface area contributed by atoms with Crippen molar-refractivity contribution in [2.75, 3.05) is 11.4 Å². The fourth-order valence-corrected chi connectivity index (χ4v) is 3.51. The predicted octanol–water partition coefficient (Wildman–Crippen LogP) is 2.06. The van der Waals surface area contributed by atoms with Crippen LogP contribution < -0.4 is 15.5 Å². The summed E-state index contributed by atoms with van der Waals surface area (Å²) < 4.78 is 0. The topological polar surface area (TPSA) is 74.3 Å². The number of rotatable bonds is 3. The normalized spacial score (nSPS) is 27.8. The number of hydrogen-bond donors (Lipinski definition) is 2. The Labute approximate surface area is 136 Å². The molecule has 1 aliphatic carbocycles. The molecular formula is C17H24N4O2. The quantitative estimate of drug-likeness (QED) is 0.896. The molecule has 3 rings (SSSR count). The van der Waals surface area contributed by atoms with Gasteiger partial charge < -0.3 is 15.5 Å². The lowest BCUT2D eigenvalue weighted by atomic mass is 10.0. The van der Waals surface area contributed by atoms with E-state index in [2.05, 4.69) is 22.5 Å². The van der Waals surface area contributed by atoms with Crippen molar-refractivity contribution in [1.82, 2.24) is 15.6 Å². The number of nitrogens with zero attached hydrogens (tertiary/aromatic N) is 2. The van der Waals surface area contributed by atoms with Crippen LogP contribution in [0, 0.1) is 5.92 Å². The van der Waals surface area contributed by atoms with E-state index >= 15 is 0 Å². The van der Waals surface area contributed by atoms with Crippen LogP contribution >= 0.6 is 0 Å². The van der Waals surface area contributed by atoms with Gasteiger partial charge in [-0.25, -0.2) is 4.79 Å². The maximum atomic E-state index is 12.6. The lowest BCUT2D eigenvalue weighted by Gasteiger charge is -2.32. The number of urea groups is 1. The van der Waals surface area contributed by atoms with Gasteiger partial charge in [0.1, 0.15) is 6.04 Å². The highest BCUT2D eigenvalue weighted by Crippen LogP contribution is 2.25. The number of carbonyl (C=O) groups excluding carboxylic acids is 2. The van der Waals surface area contributed by atoms with Crippen LogP contribution in [0.4, 0.5) is 10.5 Å². The van der Waals surface area contributed by atoms with Gasteiger partial charge in [0.2, 0.25) is 5.91 Å². The second-order valence-electron chi connectivity index (χ2n) is 6.53. The number of amides is 3. The molecule has 2 fully saturated rings. The zero-order valence-corrected chi connectivity index (χ0v) is 13.5. The van der Waals surface area contributed by atoms with Gasteiger partial charge in [-0.2, -0.15) is 0 Å². The zero-order valence-electron chi connectivity index (χ0n) is 13.5. The maximum absolute atomic E-state index is 12.6. The van der Waals surface area contributed by atoms with Crippen molar-refractivity contribution in [3.05, 3.63) is 24.5 Å². The van der Waals surface area contributed by atoms with Gasteiger partial charge in [0.25, 0.3) is 0 Å². The molecule has 1 aliphatic heterocycles. The van der Waals surface area contributed by atoms with Gasteiger partial charge in [-0.3, -0.25) is 9.78 Å².